The molecule has 0 unspecified atom stereocenters. The second-order valence-corrected chi connectivity index (χ2v) is 14.4. The van der Waals surface area contributed by atoms with Crippen LogP contribution in [0.25, 0.3) is 0 Å². The number of hydrogen-bond donors (Lipinski definition) is 1. The molecule has 328 valence electrons. The number of nitrogens with one attached hydrogen (secondary N) is 1. The fourth-order valence-electron chi connectivity index (χ4n) is 6.99. The standard InChI is InChI=1S/C38H45FN2O19/c1-18(42)50-16-26(54-20(3)44)29(56-22(5)46)31-28(55-21(4)45)25(53-19(2)43)13-38(60-31,35(48)51-15-23-11-9-8-10-12-23)52-17-27-30-32(59-37(6,7)58-30)34(57-27)41-14-24(39)33(47)40-36(41)49/h8-12,14,25-32,34H,13,15-17H2,1-7H3,(H,40,47,49)/t25-,26+,27+,28+,29-,30+,31+,32+,34+,38-/m0/s1. The fraction of sp³-hybridized carbons (Fsp3) is 0.579. The van der Waals surface area contributed by atoms with Crippen molar-refractivity contribution in [2.45, 2.75) is 128 Å². The van der Waals surface area contributed by atoms with E-state index in [-0.39, 0.29) is 6.61 Å². The molecule has 0 amide bonds. The van der Waals surface area contributed by atoms with Crippen molar-refractivity contribution in [3.05, 3.63) is 68.7 Å². The smallest absolute Gasteiger partial charge is 0.367 e. The van der Waals surface area contributed by atoms with Crippen LogP contribution in [0, 0.1) is 5.82 Å². The third kappa shape index (κ3) is 11.0. The number of benzene rings is 1. The largest absolute Gasteiger partial charge is 0.462 e. The van der Waals surface area contributed by atoms with Crippen molar-refractivity contribution in [2.24, 2.45) is 0 Å². The predicted molar refractivity (Wildman–Crippen MR) is 192 cm³/mol. The van der Waals surface area contributed by atoms with Gasteiger partial charge in [-0.1, -0.05) is 30.3 Å². The summed E-state index contributed by atoms with van der Waals surface area (Å²) in [6.45, 7) is 6.36. The number of carbonyl (C=O) groups excluding carboxylic acids is 6. The summed E-state index contributed by atoms with van der Waals surface area (Å²) in [5.41, 5.74) is -1.81. The van der Waals surface area contributed by atoms with Gasteiger partial charge >= 0.3 is 41.5 Å². The molecule has 0 radical (unpaired) electrons. The number of rotatable bonds is 15. The molecule has 1 N–H and O–H groups in total. The van der Waals surface area contributed by atoms with E-state index in [1.807, 2.05) is 4.98 Å². The van der Waals surface area contributed by atoms with Crippen LogP contribution in [0.3, 0.4) is 0 Å². The molecular weight excluding hydrogens is 807 g/mol. The van der Waals surface area contributed by atoms with Gasteiger partial charge in [0.15, 0.2) is 30.3 Å². The van der Waals surface area contributed by atoms with Gasteiger partial charge < -0.3 is 52.1 Å². The number of halogens is 1. The Hall–Kier alpha value is -5.55. The highest BCUT2D eigenvalue weighted by molar-refractivity contribution is 5.78. The Morgan fingerprint density at radius 3 is 2.12 bits per heavy atom. The van der Waals surface area contributed by atoms with Gasteiger partial charge in [-0.25, -0.2) is 9.59 Å². The first-order valence-electron chi connectivity index (χ1n) is 18.6. The monoisotopic (exact) mass is 852 g/mol. The van der Waals surface area contributed by atoms with Crippen LogP contribution in [0.15, 0.2) is 46.1 Å². The van der Waals surface area contributed by atoms with E-state index in [0.29, 0.717) is 11.8 Å². The van der Waals surface area contributed by atoms with Crippen molar-refractivity contribution in [3.63, 3.8) is 0 Å². The number of aromatic nitrogens is 2. The highest BCUT2D eigenvalue weighted by atomic mass is 19.1. The normalized spacial score (nSPS) is 27.7. The maximum atomic E-state index is 14.5. The lowest BCUT2D eigenvalue weighted by atomic mass is 9.89. The summed E-state index contributed by atoms with van der Waals surface area (Å²) in [7, 11) is 0. The molecule has 0 saturated carbocycles. The van der Waals surface area contributed by atoms with Crippen molar-refractivity contribution in [2.75, 3.05) is 13.2 Å². The molecule has 10 atom stereocenters. The second kappa shape index (κ2) is 18.8. The molecule has 3 fully saturated rings. The number of hydrogen-bond acceptors (Lipinski definition) is 19. The summed E-state index contributed by atoms with van der Waals surface area (Å²) in [4.78, 5) is 103. The van der Waals surface area contributed by atoms with E-state index in [0.717, 1.165) is 39.2 Å². The zero-order valence-electron chi connectivity index (χ0n) is 33.6. The number of ether oxygens (including phenoxy) is 11. The van der Waals surface area contributed by atoms with Crippen LogP contribution in [0.4, 0.5) is 4.39 Å². The van der Waals surface area contributed by atoms with Gasteiger partial charge in [0.25, 0.3) is 11.3 Å². The summed E-state index contributed by atoms with van der Waals surface area (Å²) in [5.74, 6) is -11.3. The Kier molecular flexibility index (Phi) is 14.3. The van der Waals surface area contributed by atoms with Gasteiger partial charge in [0.1, 0.15) is 43.7 Å². The molecule has 3 saturated heterocycles. The summed E-state index contributed by atoms with van der Waals surface area (Å²) in [6.07, 6.45) is -13.9. The van der Waals surface area contributed by atoms with E-state index in [2.05, 4.69) is 0 Å². The van der Waals surface area contributed by atoms with Crippen molar-refractivity contribution in [1.82, 2.24) is 9.55 Å². The van der Waals surface area contributed by atoms with Gasteiger partial charge in [-0.2, -0.15) is 4.39 Å². The number of carbonyl (C=O) groups is 6. The SMILES string of the molecule is CC(=O)OC[C@@H](OC(C)=O)[C@H](OC(C)=O)[C@@H]1O[C@](OC[C@H]2O[C@@H](n3cc(F)c(=O)[nH]c3=O)[C@@H]3OC(C)(C)O[C@@H]32)(C(=O)OCc2ccccc2)C[C@H](OC(C)=O)[C@H]1OC(C)=O. The Morgan fingerprint density at radius 2 is 1.50 bits per heavy atom. The maximum Gasteiger partial charge on any atom is 0.367 e. The molecule has 0 spiro atoms. The quantitative estimate of drug-likeness (QED) is 0.190. The molecular formula is C38H45FN2O19. The van der Waals surface area contributed by atoms with Crippen LogP contribution in [-0.4, -0.2) is 119 Å². The highest BCUT2D eigenvalue weighted by Crippen LogP contribution is 2.44. The van der Waals surface area contributed by atoms with Gasteiger partial charge in [-0.3, -0.25) is 38.3 Å². The van der Waals surface area contributed by atoms with Crippen LogP contribution in [0.1, 0.15) is 66.7 Å². The molecule has 1 aromatic heterocycles. The predicted octanol–water partition coefficient (Wildman–Crippen LogP) is 0.628. The molecule has 22 heteroatoms. The van der Waals surface area contributed by atoms with Crippen LogP contribution in [0.5, 0.6) is 0 Å². The van der Waals surface area contributed by atoms with Gasteiger partial charge in [-0.15, -0.1) is 0 Å². The van der Waals surface area contributed by atoms with Crippen LogP contribution < -0.4 is 11.2 Å². The molecule has 21 nitrogen and oxygen atoms in total. The summed E-state index contributed by atoms with van der Waals surface area (Å²) in [5, 5.41) is 0. The second-order valence-electron chi connectivity index (χ2n) is 14.4. The summed E-state index contributed by atoms with van der Waals surface area (Å²) >= 11 is 0. The summed E-state index contributed by atoms with van der Waals surface area (Å²) in [6, 6.07) is 8.38. The molecule has 5 rings (SSSR count). The van der Waals surface area contributed by atoms with Gasteiger partial charge in [0, 0.05) is 34.6 Å². The van der Waals surface area contributed by atoms with E-state index >= 15 is 0 Å². The topological polar surface area (TPSA) is 259 Å². The Morgan fingerprint density at radius 1 is 0.850 bits per heavy atom. The van der Waals surface area contributed by atoms with E-state index in [1.54, 1.807) is 44.2 Å². The van der Waals surface area contributed by atoms with Gasteiger partial charge in [-0.05, 0) is 19.4 Å². The van der Waals surface area contributed by atoms with Crippen molar-refractivity contribution >= 4 is 35.8 Å². The van der Waals surface area contributed by atoms with Crippen molar-refractivity contribution in [1.29, 1.82) is 0 Å². The third-order valence-corrected chi connectivity index (χ3v) is 9.19. The fourth-order valence-corrected chi connectivity index (χ4v) is 6.99. The summed E-state index contributed by atoms with van der Waals surface area (Å²) < 4.78 is 79.1. The molecule has 4 heterocycles. The minimum atomic E-state index is -2.70. The molecule has 60 heavy (non-hydrogen) atoms. The Labute approximate surface area is 340 Å². The first-order chi connectivity index (χ1) is 28.2. The lowest BCUT2D eigenvalue weighted by molar-refractivity contribution is -0.336. The van der Waals surface area contributed by atoms with E-state index in [4.69, 9.17) is 52.1 Å². The third-order valence-electron chi connectivity index (χ3n) is 9.19. The highest BCUT2D eigenvalue weighted by Gasteiger charge is 2.62. The van der Waals surface area contributed by atoms with Gasteiger partial charge in [0.05, 0.1) is 19.2 Å². The maximum absolute atomic E-state index is 14.5. The molecule has 0 bridgehead atoms. The molecule has 0 aliphatic carbocycles. The lowest BCUT2D eigenvalue weighted by Crippen LogP contribution is -2.66. The number of aromatic amines is 1. The number of H-pyrrole nitrogens is 1. The number of nitrogens with zero attached hydrogens (tertiary/aromatic N) is 1. The number of esters is 6. The zero-order valence-corrected chi connectivity index (χ0v) is 33.6. The average molecular weight is 853 g/mol. The van der Waals surface area contributed by atoms with Crippen molar-refractivity contribution < 1.29 is 85.3 Å². The minimum Gasteiger partial charge on any atom is -0.462 e. The molecule has 3 aliphatic heterocycles. The minimum absolute atomic E-state index is 0.362. The molecule has 2 aromatic rings. The lowest BCUT2D eigenvalue weighted by Gasteiger charge is -2.48. The molecule has 1 aromatic carbocycles. The van der Waals surface area contributed by atoms with Crippen LogP contribution in [0.2, 0.25) is 0 Å². The van der Waals surface area contributed by atoms with Gasteiger partial charge in [0.2, 0.25) is 5.82 Å². The van der Waals surface area contributed by atoms with E-state index in [9.17, 15) is 42.7 Å². The first-order valence-corrected chi connectivity index (χ1v) is 18.6. The van der Waals surface area contributed by atoms with E-state index < -0.39 is 139 Å². The average Bonchev–Trinajstić information content (AvgIpc) is 3.65. The molecule has 3 aliphatic rings. The van der Waals surface area contributed by atoms with Crippen molar-refractivity contribution in [3.8, 4) is 0 Å². The van der Waals surface area contributed by atoms with Crippen LogP contribution >= 0.6 is 0 Å². The number of fused-ring (bicyclic) bond motifs is 1. The van der Waals surface area contributed by atoms with Crippen LogP contribution in [-0.2, 0) is 87.5 Å². The Balaban J connectivity index is 1.62. The first kappa shape index (κ1) is 45.5. The zero-order chi connectivity index (χ0) is 44.1. The Bertz CT molecular complexity index is 2050. The van der Waals surface area contributed by atoms with E-state index in [1.165, 1.54) is 0 Å².